The van der Waals surface area contributed by atoms with Crippen LogP contribution in [0.3, 0.4) is 0 Å². The number of oxime groups is 1. The topological polar surface area (TPSA) is 267 Å². The van der Waals surface area contributed by atoms with Crippen LogP contribution in [0.5, 0.6) is 0 Å². The standard InChI is InChI=1S/C29H32N8O11S2/c1-29(2,3)19-15(47-28(44)48-19)10-46-27(43)35-6-5-14(9-35)36-7-4-12(22(36)39)8-13-11-49-24-17(23(40)37(24)18(13)25(41)42)31-21(38)16(33-45)20-32-26(30)50-34-20/h8,14,17,24,45H,4-7,9-11H2,1-3H3,(H,31,38)(H,41,42)(H2,30,32,34)/p-1/b12-8+,33-16-/t14-,17-,24-/m1/s1. The van der Waals surface area contributed by atoms with Crippen molar-refractivity contribution < 1.29 is 47.9 Å². The van der Waals surface area contributed by atoms with Crippen LogP contribution >= 0.6 is 23.3 Å². The molecule has 0 aromatic carbocycles. The second-order valence-electron chi connectivity index (χ2n) is 12.7. The molecule has 4 aliphatic heterocycles. The smallest absolute Gasteiger partial charge is 0.519 e. The predicted molar refractivity (Wildman–Crippen MR) is 170 cm³/mol. The van der Waals surface area contributed by atoms with Crippen LogP contribution in [0.15, 0.2) is 41.7 Å². The zero-order valence-corrected chi connectivity index (χ0v) is 28.5. The molecular weight excluding hydrogens is 700 g/mol. The summed E-state index contributed by atoms with van der Waals surface area (Å²) in [6.45, 7) is 6.02. The summed E-state index contributed by atoms with van der Waals surface area (Å²) in [6, 6.07) is -1.47. The summed E-state index contributed by atoms with van der Waals surface area (Å²) in [5.41, 5.74) is 4.53. The van der Waals surface area contributed by atoms with E-state index in [9.17, 15) is 39.1 Å². The fourth-order valence-corrected chi connectivity index (χ4v) is 7.90. The van der Waals surface area contributed by atoms with Crippen molar-refractivity contribution in [2.45, 2.75) is 63.1 Å². The third-order valence-corrected chi connectivity index (χ3v) is 10.3. The first-order valence-electron chi connectivity index (χ1n) is 15.3. The molecule has 6 rings (SSSR count). The molecule has 2 aromatic rings. The number of nitrogens with zero attached hydrogens (tertiary/aromatic N) is 6. The van der Waals surface area contributed by atoms with Crippen molar-refractivity contribution in [3.05, 3.63) is 50.9 Å². The number of fused-ring (bicyclic) bond motifs is 1. The molecule has 3 saturated heterocycles. The molecule has 4 amide bonds. The number of rotatable bonds is 8. The number of aliphatic carboxylic acids is 1. The molecule has 0 saturated carbocycles. The number of anilines is 1. The molecular formula is C29H31N8O11S2-. The Morgan fingerprint density at radius 2 is 1.98 bits per heavy atom. The molecule has 0 bridgehead atoms. The normalized spacial score (nSPS) is 23.4. The van der Waals surface area contributed by atoms with E-state index >= 15 is 0 Å². The highest BCUT2D eigenvalue weighted by molar-refractivity contribution is 8.00. The molecule has 0 spiro atoms. The largest absolute Gasteiger partial charge is 0.543 e. The summed E-state index contributed by atoms with van der Waals surface area (Å²) in [6.07, 6.45) is 1.60. The van der Waals surface area contributed by atoms with Crippen LogP contribution in [0.4, 0.5) is 9.93 Å². The first-order valence-corrected chi connectivity index (χ1v) is 17.1. The summed E-state index contributed by atoms with van der Waals surface area (Å²) >= 11 is 1.94. The Hall–Kier alpha value is -5.18. The number of amides is 4. The molecule has 2 aromatic heterocycles. The molecule has 0 radical (unpaired) electrons. The molecule has 3 fully saturated rings. The number of nitrogens with two attached hydrogens (primary N) is 1. The molecule has 266 valence electrons. The van der Waals surface area contributed by atoms with Crippen LogP contribution < -0.4 is 22.0 Å². The van der Waals surface area contributed by atoms with E-state index in [4.69, 9.17) is 19.3 Å². The van der Waals surface area contributed by atoms with Crippen LogP contribution in [0.25, 0.3) is 0 Å². The van der Waals surface area contributed by atoms with Crippen molar-refractivity contribution in [3.63, 3.8) is 0 Å². The molecule has 50 heavy (non-hydrogen) atoms. The second-order valence-corrected chi connectivity index (χ2v) is 14.6. The number of thioether (sulfide) groups is 1. The molecule has 21 heteroatoms. The van der Waals surface area contributed by atoms with Gasteiger partial charge in [0.15, 0.2) is 23.3 Å². The number of nitrogen functional groups attached to an aromatic ring is 1. The Morgan fingerprint density at radius 3 is 2.64 bits per heavy atom. The number of ether oxygens (including phenoxy) is 1. The Labute approximate surface area is 290 Å². The van der Waals surface area contributed by atoms with Gasteiger partial charge in [0.05, 0.1) is 17.7 Å². The van der Waals surface area contributed by atoms with Gasteiger partial charge in [-0.2, -0.15) is 9.36 Å². The summed E-state index contributed by atoms with van der Waals surface area (Å²) in [7, 11) is 0. The minimum absolute atomic E-state index is 0.0252. The number of nitrogens with one attached hydrogen (secondary N) is 1. The van der Waals surface area contributed by atoms with Gasteiger partial charge < -0.3 is 49.5 Å². The van der Waals surface area contributed by atoms with Crippen molar-refractivity contribution >= 4 is 63.9 Å². The number of carbonyl (C=O) groups is 5. The van der Waals surface area contributed by atoms with Crippen molar-refractivity contribution in [2.24, 2.45) is 5.16 Å². The maximum atomic E-state index is 13.5. The van der Waals surface area contributed by atoms with Crippen molar-refractivity contribution in [3.8, 4) is 0 Å². The van der Waals surface area contributed by atoms with Gasteiger partial charge in [0, 0.05) is 47.9 Å². The number of carbonyl (C=O) groups excluding carboxylic acids is 5. The number of hydrogen-bond acceptors (Lipinski definition) is 17. The van der Waals surface area contributed by atoms with Crippen LogP contribution in [0.1, 0.15) is 51.0 Å². The van der Waals surface area contributed by atoms with Crippen LogP contribution in [0, 0.1) is 0 Å². The highest BCUT2D eigenvalue weighted by Crippen LogP contribution is 2.41. The molecule has 6 heterocycles. The Morgan fingerprint density at radius 1 is 1.22 bits per heavy atom. The van der Waals surface area contributed by atoms with Crippen molar-refractivity contribution in [1.29, 1.82) is 0 Å². The van der Waals surface area contributed by atoms with Crippen molar-refractivity contribution in [2.75, 3.05) is 31.1 Å². The minimum Gasteiger partial charge on any atom is -0.543 e. The maximum absolute atomic E-state index is 13.5. The molecule has 0 aliphatic carbocycles. The summed E-state index contributed by atoms with van der Waals surface area (Å²) in [5, 5.41) is 26.2. The lowest BCUT2D eigenvalue weighted by Gasteiger charge is -2.50. The van der Waals surface area contributed by atoms with Gasteiger partial charge in [-0.1, -0.05) is 25.9 Å². The Kier molecular flexibility index (Phi) is 9.20. The number of allylic oxidation sites excluding steroid dienone is 1. The number of carboxylic acids is 1. The zero-order chi connectivity index (χ0) is 36.1. The number of hydrogen-bond donors (Lipinski definition) is 3. The predicted octanol–water partition coefficient (Wildman–Crippen LogP) is -0.884. The number of carboxylic acid groups (broad SMARTS) is 1. The van der Waals surface area contributed by atoms with Gasteiger partial charge in [-0.15, -0.1) is 11.8 Å². The maximum Gasteiger partial charge on any atom is 0.519 e. The molecule has 0 unspecified atom stereocenters. The van der Waals surface area contributed by atoms with E-state index in [2.05, 4.69) is 19.8 Å². The Bertz CT molecular complexity index is 1920. The summed E-state index contributed by atoms with van der Waals surface area (Å²) < 4.78 is 19.4. The fourth-order valence-electron chi connectivity index (χ4n) is 6.16. The summed E-state index contributed by atoms with van der Waals surface area (Å²) in [4.78, 5) is 83.9. The monoisotopic (exact) mass is 731 g/mol. The first kappa shape index (κ1) is 34.7. The average molecular weight is 732 g/mol. The highest BCUT2D eigenvalue weighted by Gasteiger charge is 2.53. The quantitative estimate of drug-likeness (QED) is 0.0978. The lowest BCUT2D eigenvalue weighted by Crippen LogP contribution is -2.71. The molecule has 4 N–H and O–H groups in total. The van der Waals surface area contributed by atoms with Crippen molar-refractivity contribution in [1.82, 2.24) is 29.4 Å². The SMILES string of the molecule is CC(C)(C)c1oc(=O)oc1COC(=O)N1CC[C@@H](N2CC/C(=C\C3=C(C(=O)[O-])N4C(=O)[C@@H](NC(=O)/C(=N\O)c5nsc(N)n5)[C@H]4SC3)C2=O)C1. The van der Waals surface area contributed by atoms with Gasteiger partial charge in [-0.3, -0.25) is 19.3 Å². The lowest BCUT2D eigenvalue weighted by molar-refractivity contribution is -0.301. The van der Waals surface area contributed by atoms with E-state index in [0.717, 1.165) is 16.4 Å². The highest BCUT2D eigenvalue weighted by atomic mass is 32.2. The van der Waals surface area contributed by atoms with E-state index in [1.54, 1.807) is 4.90 Å². The lowest BCUT2D eigenvalue weighted by atomic mass is 9.92. The average Bonchev–Trinajstić information content (AvgIpc) is 3.86. The Balaban J connectivity index is 1.08. The molecule has 19 nitrogen and oxygen atoms in total. The number of β-lactam (4-membered cyclic amide) rings is 1. The molecule has 3 atom stereocenters. The number of aromatic nitrogens is 2. The van der Waals surface area contributed by atoms with E-state index in [1.165, 1.54) is 22.7 Å². The third kappa shape index (κ3) is 6.44. The van der Waals surface area contributed by atoms with Gasteiger partial charge in [0.1, 0.15) is 11.4 Å². The van der Waals surface area contributed by atoms with Gasteiger partial charge >= 0.3 is 11.9 Å². The van der Waals surface area contributed by atoms with E-state index < -0.39 is 57.9 Å². The third-order valence-electron chi connectivity index (χ3n) is 8.47. The van der Waals surface area contributed by atoms with Gasteiger partial charge in [-0.25, -0.2) is 9.59 Å². The van der Waals surface area contributed by atoms with Crippen LogP contribution in [-0.4, -0.2) is 108 Å². The second kappa shape index (κ2) is 13.3. The zero-order valence-electron chi connectivity index (χ0n) is 26.9. The van der Waals surface area contributed by atoms with E-state index in [-0.39, 0.29) is 58.9 Å². The van der Waals surface area contributed by atoms with Gasteiger partial charge in [0.25, 0.3) is 11.8 Å². The fraction of sp³-hybridized carbons (Fsp3) is 0.483. The first-order chi connectivity index (χ1) is 23.7. The van der Waals surface area contributed by atoms with Crippen LogP contribution in [0.2, 0.25) is 0 Å². The van der Waals surface area contributed by atoms with Crippen LogP contribution in [-0.2, 0) is 35.9 Å². The van der Waals surface area contributed by atoms with Gasteiger partial charge in [-0.05, 0) is 24.5 Å². The van der Waals surface area contributed by atoms with E-state index in [0.29, 0.717) is 31.5 Å². The number of likely N-dealkylation sites (tertiary alicyclic amines) is 2. The minimum atomic E-state index is -1.63. The van der Waals surface area contributed by atoms with E-state index in [1.807, 2.05) is 20.8 Å². The molecule has 4 aliphatic rings. The summed E-state index contributed by atoms with van der Waals surface area (Å²) in [5.74, 6) is -4.31. The van der Waals surface area contributed by atoms with Gasteiger partial charge in [0.2, 0.25) is 17.4 Å².